The lowest BCUT2D eigenvalue weighted by atomic mass is 9.83. The van der Waals surface area contributed by atoms with Gasteiger partial charge in [-0.05, 0) is 31.2 Å². The third kappa shape index (κ3) is 5.83. The molecule has 0 aliphatic carbocycles. The van der Waals surface area contributed by atoms with Crippen molar-refractivity contribution in [2.45, 2.75) is 59.4 Å². The van der Waals surface area contributed by atoms with Gasteiger partial charge in [-0.15, -0.1) is 0 Å². The summed E-state index contributed by atoms with van der Waals surface area (Å²) in [6.07, 6.45) is 0.410. The lowest BCUT2D eigenvalue weighted by Gasteiger charge is -2.40. The van der Waals surface area contributed by atoms with Crippen LogP contribution in [0.5, 0.6) is 0 Å². The SMILES string of the molecule is CC(C)CC(=O)NC(C(=O)N1CCN(C(=O)C(C)(C)c2ccccc2)CC1)C(C)C. The number of amides is 3. The predicted molar refractivity (Wildman–Crippen MR) is 119 cm³/mol. The summed E-state index contributed by atoms with van der Waals surface area (Å²) in [5, 5.41) is 2.91. The number of rotatable bonds is 7. The van der Waals surface area contributed by atoms with Gasteiger partial charge < -0.3 is 15.1 Å². The standard InChI is InChI=1S/C24H37N3O3/c1-17(2)16-20(28)25-21(18(3)4)22(29)26-12-14-27(15-13-26)23(30)24(5,6)19-10-8-7-9-11-19/h7-11,17-18,21H,12-16H2,1-6H3,(H,25,28). The Morgan fingerprint density at radius 2 is 1.47 bits per heavy atom. The zero-order valence-electron chi connectivity index (χ0n) is 19.3. The fourth-order valence-corrected chi connectivity index (χ4v) is 3.82. The first-order valence-corrected chi connectivity index (χ1v) is 11.0. The Bertz CT molecular complexity index is 735. The summed E-state index contributed by atoms with van der Waals surface area (Å²) < 4.78 is 0. The largest absolute Gasteiger partial charge is 0.344 e. The average Bonchev–Trinajstić information content (AvgIpc) is 2.71. The molecule has 1 fully saturated rings. The Labute approximate surface area is 181 Å². The van der Waals surface area contributed by atoms with E-state index in [4.69, 9.17) is 0 Å². The van der Waals surface area contributed by atoms with Crippen LogP contribution in [0.15, 0.2) is 30.3 Å². The molecule has 0 aromatic heterocycles. The highest BCUT2D eigenvalue weighted by Crippen LogP contribution is 2.26. The van der Waals surface area contributed by atoms with E-state index in [0.717, 1.165) is 5.56 Å². The monoisotopic (exact) mass is 415 g/mol. The Balaban J connectivity index is 1.98. The van der Waals surface area contributed by atoms with Crippen molar-refractivity contribution in [3.05, 3.63) is 35.9 Å². The molecule has 0 bridgehead atoms. The van der Waals surface area contributed by atoms with E-state index >= 15 is 0 Å². The predicted octanol–water partition coefficient (Wildman–Crippen LogP) is 2.82. The number of piperazine rings is 1. The zero-order chi connectivity index (χ0) is 22.5. The number of carbonyl (C=O) groups is 3. The number of nitrogens with one attached hydrogen (secondary N) is 1. The summed E-state index contributed by atoms with van der Waals surface area (Å²) in [5.74, 6) is 0.180. The molecule has 2 rings (SSSR count). The van der Waals surface area contributed by atoms with Crippen LogP contribution in [-0.4, -0.2) is 59.7 Å². The van der Waals surface area contributed by atoms with E-state index in [9.17, 15) is 14.4 Å². The minimum Gasteiger partial charge on any atom is -0.344 e. The van der Waals surface area contributed by atoms with Crippen LogP contribution in [0.3, 0.4) is 0 Å². The molecule has 0 spiro atoms. The van der Waals surface area contributed by atoms with Crippen molar-refractivity contribution >= 4 is 17.7 Å². The minimum atomic E-state index is -0.612. The molecular formula is C24H37N3O3. The van der Waals surface area contributed by atoms with Gasteiger partial charge in [0.2, 0.25) is 17.7 Å². The molecule has 6 nitrogen and oxygen atoms in total. The minimum absolute atomic E-state index is 0.00490. The van der Waals surface area contributed by atoms with Crippen molar-refractivity contribution in [1.29, 1.82) is 0 Å². The highest BCUT2D eigenvalue weighted by atomic mass is 16.2. The Morgan fingerprint density at radius 3 is 1.97 bits per heavy atom. The summed E-state index contributed by atoms with van der Waals surface area (Å²) in [4.78, 5) is 42.0. The maximum atomic E-state index is 13.2. The van der Waals surface area contributed by atoms with Crippen molar-refractivity contribution in [2.75, 3.05) is 26.2 Å². The van der Waals surface area contributed by atoms with Crippen LogP contribution in [0.25, 0.3) is 0 Å². The number of nitrogens with zero attached hydrogens (tertiary/aromatic N) is 2. The van der Waals surface area contributed by atoms with E-state index < -0.39 is 11.5 Å². The fraction of sp³-hybridized carbons (Fsp3) is 0.625. The Hall–Kier alpha value is -2.37. The fourth-order valence-electron chi connectivity index (χ4n) is 3.82. The van der Waals surface area contributed by atoms with Gasteiger partial charge >= 0.3 is 0 Å². The van der Waals surface area contributed by atoms with Gasteiger partial charge in [-0.2, -0.15) is 0 Å². The topological polar surface area (TPSA) is 69.7 Å². The van der Waals surface area contributed by atoms with Crippen molar-refractivity contribution in [3.8, 4) is 0 Å². The molecule has 1 aromatic carbocycles. The van der Waals surface area contributed by atoms with Crippen LogP contribution < -0.4 is 5.32 Å². The average molecular weight is 416 g/mol. The number of hydrogen-bond donors (Lipinski definition) is 1. The van der Waals surface area contributed by atoms with Gasteiger partial charge in [-0.1, -0.05) is 58.0 Å². The van der Waals surface area contributed by atoms with Crippen LogP contribution >= 0.6 is 0 Å². The summed E-state index contributed by atoms with van der Waals surface area (Å²) in [7, 11) is 0. The van der Waals surface area contributed by atoms with E-state index in [1.54, 1.807) is 4.90 Å². The second-order valence-corrected chi connectivity index (χ2v) is 9.50. The highest BCUT2D eigenvalue weighted by molar-refractivity contribution is 5.89. The third-order valence-electron chi connectivity index (χ3n) is 5.75. The second kappa shape index (κ2) is 10.1. The third-order valence-corrected chi connectivity index (χ3v) is 5.75. The summed E-state index contributed by atoms with van der Waals surface area (Å²) in [6.45, 7) is 13.7. The highest BCUT2D eigenvalue weighted by Gasteiger charge is 2.37. The quantitative estimate of drug-likeness (QED) is 0.744. The van der Waals surface area contributed by atoms with Gasteiger partial charge in [0.05, 0.1) is 5.41 Å². The molecule has 166 valence electrons. The lowest BCUT2D eigenvalue weighted by molar-refractivity contribution is -0.144. The van der Waals surface area contributed by atoms with Crippen molar-refractivity contribution in [1.82, 2.24) is 15.1 Å². The molecule has 1 saturated heterocycles. The van der Waals surface area contributed by atoms with Crippen LogP contribution in [0.1, 0.15) is 53.5 Å². The lowest BCUT2D eigenvalue weighted by Crippen LogP contribution is -2.58. The summed E-state index contributed by atoms with van der Waals surface area (Å²) >= 11 is 0. The molecule has 30 heavy (non-hydrogen) atoms. The first-order chi connectivity index (χ1) is 14.0. The second-order valence-electron chi connectivity index (χ2n) is 9.50. The van der Waals surface area contributed by atoms with Gasteiger partial charge in [0.1, 0.15) is 6.04 Å². The molecule has 1 atom stereocenters. The van der Waals surface area contributed by atoms with Gasteiger partial charge in [-0.25, -0.2) is 0 Å². The molecule has 0 radical (unpaired) electrons. The van der Waals surface area contributed by atoms with Gasteiger partial charge in [0, 0.05) is 32.6 Å². The van der Waals surface area contributed by atoms with Crippen LogP contribution in [0.2, 0.25) is 0 Å². The molecule has 6 heteroatoms. The van der Waals surface area contributed by atoms with Crippen molar-refractivity contribution < 1.29 is 14.4 Å². The summed E-state index contributed by atoms with van der Waals surface area (Å²) in [6, 6.07) is 9.26. The summed E-state index contributed by atoms with van der Waals surface area (Å²) in [5.41, 5.74) is 0.375. The van der Waals surface area contributed by atoms with E-state index in [2.05, 4.69) is 5.32 Å². The number of carbonyl (C=O) groups excluding carboxylic acids is 3. The molecule has 1 heterocycles. The maximum Gasteiger partial charge on any atom is 0.245 e. The number of hydrogen-bond acceptors (Lipinski definition) is 3. The first kappa shape index (κ1) is 23.9. The van der Waals surface area contributed by atoms with E-state index in [0.29, 0.717) is 32.6 Å². The molecule has 1 unspecified atom stereocenters. The van der Waals surface area contributed by atoms with Crippen LogP contribution in [0.4, 0.5) is 0 Å². The normalized spacial score (nSPS) is 16.0. The zero-order valence-corrected chi connectivity index (χ0v) is 19.3. The molecule has 1 aliphatic rings. The Kier molecular flexibility index (Phi) is 8.04. The van der Waals surface area contributed by atoms with Gasteiger partial charge in [0.25, 0.3) is 0 Å². The number of benzene rings is 1. The van der Waals surface area contributed by atoms with Crippen molar-refractivity contribution in [2.24, 2.45) is 11.8 Å². The molecule has 1 aliphatic heterocycles. The molecule has 0 saturated carbocycles. The first-order valence-electron chi connectivity index (χ1n) is 11.0. The van der Waals surface area contributed by atoms with Gasteiger partial charge in [-0.3, -0.25) is 14.4 Å². The molecule has 3 amide bonds. The van der Waals surface area contributed by atoms with Gasteiger partial charge in [0.15, 0.2) is 0 Å². The maximum absolute atomic E-state index is 13.2. The van der Waals surface area contributed by atoms with Crippen molar-refractivity contribution in [3.63, 3.8) is 0 Å². The Morgan fingerprint density at radius 1 is 0.933 bits per heavy atom. The molecular weight excluding hydrogens is 378 g/mol. The molecule has 1 aromatic rings. The molecule has 1 N–H and O–H groups in total. The van der Waals surface area contributed by atoms with E-state index in [-0.39, 0.29) is 29.6 Å². The smallest absolute Gasteiger partial charge is 0.245 e. The van der Waals surface area contributed by atoms with E-state index in [1.165, 1.54) is 0 Å². The van der Waals surface area contributed by atoms with Crippen LogP contribution in [-0.2, 0) is 19.8 Å². The van der Waals surface area contributed by atoms with Crippen LogP contribution in [0, 0.1) is 11.8 Å². The van der Waals surface area contributed by atoms with E-state index in [1.807, 2.05) is 76.8 Å².